The highest BCUT2D eigenvalue weighted by atomic mass is 19.3. The number of hydrogen-bond acceptors (Lipinski definition) is 4. The Labute approximate surface area is 90.9 Å². The standard InChI is InChI=1S/C10H8F2N4/c11-10(12)9-6(4-14)3-7(5-15)16-8(9)1-2-13/h3,10H,1,4,14H2. The Morgan fingerprint density at radius 2 is 2.12 bits per heavy atom. The predicted molar refractivity (Wildman–Crippen MR) is 51.1 cm³/mol. The lowest BCUT2D eigenvalue weighted by Gasteiger charge is -2.10. The Bertz CT molecular complexity index is 471. The van der Waals surface area contributed by atoms with Crippen molar-refractivity contribution in [2.24, 2.45) is 5.73 Å². The van der Waals surface area contributed by atoms with Crippen molar-refractivity contribution in [3.63, 3.8) is 0 Å². The van der Waals surface area contributed by atoms with Gasteiger partial charge in [-0.2, -0.15) is 10.5 Å². The quantitative estimate of drug-likeness (QED) is 0.837. The largest absolute Gasteiger partial charge is 0.326 e. The van der Waals surface area contributed by atoms with Crippen molar-refractivity contribution in [1.82, 2.24) is 4.98 Å². The van der Waals surface area contributed by atoms with Gasteiger partial charge in [0.25, 0.3) is 6.43 Å². The molecule has 2 N–H and O–H groups in total. The van der Waals surface area contributed by atoms with Crippen LogP contribution in [0.4, 0.5) is 8.78 Å². The van der Waals surface area contributed by atoms with Crippen LogP contribution in [0.25, 0.3) is 0 Å². The van der Waals surface area contributed by atoms with E-state index >= 15 is 0 Å². The lowest BCUT2D eigenvalue weighted by molar-refractivity contribution is 0.148. The van der Waals surface area contributed by atoms with Crippen molar-refractivity contribution >= 4 is 0 Å². The summed E-state index contributed by atoms with van der Waals surface area (Å²) in [6.45, 7) is -0.116. The zero-order valence-corrected chi connectivity index (χ0v) is 8.24. The fraction of sp³-hybridized carbons (Fsp3) is 0.300. The molecule has 82 valence electrons. The molecule has 4 nitrogen and oxygen atoms in total. The highest BCUT2D eigenvalue weighted by molar-refractivity contribution is 5.38. The van der Waals surface area contributed by atoms with Crippen LogP contribution in [0.15, 0.2) is 6.07 Å². The molecule has 0 radical (unpaired) electrons. The van der Waals surface area contributed by atoms with Crippen molar-refractivity contribution in [3.8, 4) is 12.1 Å². The van der Waals surface area contributed by atoms with E-state index in [0.29, 0.717) is 0 Å². The predicted octanol–water partition coefficient (Wildman–Crippen LogP) is 1.42. The molecule has 6 heteroatoms. The molecule has 0 saturated heterocycles. The number of rotatable bonds is 3. The summed E-state index contributed by atoms with van der Waals surface area (Å²) in [5, 5.41) is 17.2. The fourth-order valence-electron chi connectivity index (χ4n) is 1.37. The van der Waals surface area contributed by atoms with Crippen LogP contribution in [0, 0.1) is 22.7 Å². The van der Waals surface area contributed by atoms with Crippen molar-refractivity contribution in [2.45, 2.75) is 19.4 Å². The van der Waals surface area contributed by atoms with Gasteiger partial charge < -0.3 is 5.73 Å². The molecule has 1 aromatic heterocycles. The van der Waals surface area contributed by atoms with Gasteiger partial charge in [-0.25, -0.2) is 13.8 Å². The molecule has 0 aromatic carbocycles. The average molecular weight is 222 g/mol. The van der Waals surface area contributed by atoms with Crippen LogP contribution in [0.3, 0.4) is 0 Å². The summed E-state index contributed by atoms with van der Waals surface area (Å²) in [6.07, 6.45) is -3.01. The minimum absolute atomic E-state index is 0.00454. The number of halogens is 2. The first-order valence-corrected chi connectivity index (χ1v) is 4.42. The van der Waals surface area contributed by atoms with Crippen molar-refractivity contribution in [2.75, 3.05) is 0 Å². The monoisotopic (exact) mass is 222 g/mol. The molecule has 16 heavy (non-hydrogen) atoms. The second-order valence-electron chi connectivity index (χ2n) is 2.98. The van der Waals surface area contributed by atoms with E-state index in [9.17, 15) is 8.78 Å². The van der Waals surface area contributed by atoms with Gasteiger partial charge in [-0.15, -0.1) is 0 Å². The van der Waals surface area contributed by atoms with Crippen LogP contribution in [0.5, 0.6) is 0 Å². The number of pyridine rings is 1. The minimum Gasteiger partial charge on any atom is -0.326 e. The third kappa shape index (κ3) is 2.30. The average Bonchev–Trinajstić information content (AvgIpc) is 2.27. The molecule has 0 amide bonds. The van der Waals surface area contributed by atoms with Crippen LogP contribution in [0.1, 0.15) is 28.9 Å². The minimum atomic E-state index is -2.75. The lowest BCUT2D eigenvalue weighted by atomic mass is 10.0. The second kappa shape index (κ2) is 5.15. The van der Waals surface area contributed by atoms with E-state index in [1.165, 1.54) is 6.07 Å². The molecule has 0 bridgehead atoms. The molecule has 0 spiro atoms. The van der Waals surface area contributed by atoms with E-state index in [4.69, 9.17) is 16.3 Å². The fourth-order valence-corrected chi connectivity index (χ4v) is 1.37. The zero-order valence-electron chi connectivity index (χ0n) is 8.24. The van der Waals surface area contributed by atoms with Gasteiger partial charge in [0.05, 0.1) is 18.2 Å². The molecule has 0 atom stereocenters. The number of nitrogens with two attached hydrogens (primary N) is 1. The third-order valence-electron chi connectivity index (χ3n) is 2.02. The molecule has 1 heterocycles. The molecule has 0 aliphatic heterocycles. The number of hydrogen-bond donors (Lipinski definition) is 1. The van der Waals surface area contributed by atoms with Crippen LogP contribution < -0.4 is 5.73 Å². The summed E-state index contributed by atoms with van der Waals surface area (Å²) in [5.41, 5.74) is 5.08. The van der Waals surface area contributed by atoms with E-state index in [0.717, 1.165) is 0 Å². The molecule has 1 aromatic rings. The number of aromatic nitrogens is 1. The van der Waals surface area contributed by atoms with Gasteiger partial charge in [0.1, 0.15) is 11.8 Å². The van der Waals surface area contributed by atoms with Crippen LogP contribution in [-0.4, -0.2) is 4.98 Å². The van der Waals surface area contributed by atoms with E-state index in [1.54, 1.807) is 12.1 Å². The zero-order chi connectivity index (χ0) is 12.1. The molecule has 1 rings (SSSR count). The lowest BCUT2D eigenvalue weighted by Crippen LogP contribution is -2.09. The van der Waals surface area contributed by atoms with Crippen LogP contribution in [0.2, 0.25) is 0 Å². The molecule has 0 unspecified atom stereocenters. The van der Waals surface area contributed by atoms with Gasteiger partial charge in [0, 0.05) is 12.1 Å². The summed E-state index contributed by atoms with van der Waals surface area (Å²) in [6, 6.07) is 4.71. The second-order valence-corrected chi connectivity index (χ2v) is 2.98. The van der Waals surface area contributed by atoms with Gasteiger partial charge in [0.2, 0.25) is 0 Å². The number of nitriles is 2. The summed E-state index contributed by atoms with van der Waals surface area (Å²) in [7, 11) is 0. The highest BCUT2D eigenvalue weighted by Crippen LogP contribution is 2.26. The number of alkyl halides is 2. The highest BCUT2D eigenvalue weighted by Gasteiger charge is 2.19. The topological polar surface area (TPSA) is 86.5 Å². The maximum absolute atomic E-state index is 12.7. The maximum Gasteiger partial charge on any atom is 0.265 e. The molecule has 0 saturated carbocycles. The molecule has 0 fully saturated rings. The van der Waals surface area contributed by atoms with Gasteiger partial charge in [-0.1, -0.05) is 0 Å². The Kier molecular flexibility index (Phi) is 3.87. The normalized spacial score (nSPS) is 9.88. The van der Waals surface area contributed by atoms with Gasteiger partial charge in [0.15, 0.2) is 0 Å². The van der Waals surface area contributed by atoms with E-state index in [2.05, 4.69) is 4.98 Å². The smallest absolute Gasteiger partial charge is 0.265 e. The van der Waals surface area contributed by atoms with Crippen LogP contribution in [-0.2, 0) is 13.0 Å². The van der Waals surface area contributed by atoms with Crippen LogP contribution >= 0.6 is 0 Å². The van der Waals surface area contributed by atoms with Gasteiger partial charge >= 0.3 is 0 Å². The van der Waals surface area contributed by atoms with E-state index < -0.39 is 6.43 Å². The summed E-state index contributed by atoms with van der Waals surface area (Å²) < 4.78 is 25.5. The maximum atomic E-state index is 12.7. The van der Waals surface area contributed by atoms with E-state index in [-0.39, 0.29) is 35.5 Å². The Morgan fingerprint density at radius 3 is 2.56 bits per heavy atom. The first kappa shape index (κ1) is 12.0. The SMILES string of the molecule is N#CCc1nc(C#N)cc(CN)c1C(F)F. The molecular formula is C10H8F2N4. The summed E-state index contributed by atoms with van der Waals surface area (Å²) >= 11 is 0. The summed E-state index contributed by atoms with van der Waals surface area (Å²) in [4.78, 5) is 3.69. The Balaban J connectivity index is 3.43. The van der Waals surface area contributed by atoms with Crippen molar-refractivity contribution in [3.05, 3.63) is 28.6 Å². The third-order valence-corrected chi connectivity index (χ3v) is 2.02. The molecular weight excluding hydrogens is 214 g/mol. The first-order chi connectivity index (χ1) is 7.63. The first-order valence-electron chi connectivity index (χ1n) is 4.42. The van der Waals surface area contributed by atoms with Gasteiger partial charge in [-0.05, 0) is 11.6 Å². The number of nitrogens with zero attached hydrogens (tertiary/aromatic N) is 3. The Morgan fingerprint density at radius 1 is 1.44 bits per heavy atom. The molecule has 0 aliphatic rings. The Hall–Kier alpha value is -2.05. The van der Waals surface area contributed by atoms with Crippen molar-refractivity contribution < 1.29 is 8.78 Å². The van der Waals surface area contributed by atoms with Crippen molar-refractivity contribution in [1.29, 1.82) is 10.5 Å². The van der Waals surface area contributed by atoms with Gasteiger partial charge in [-0.3, -0.25) is 0 Å². The molecule has 0 aliphatic carbocycles. The van der Waals surface area contributed by atoms with E-state index in [1.807, 2.05) is 0 Å². The summed E-state index contributed by atoms with van der Waals surface area (Å²) in [5.74, 6) is 0.